The van der Waals surface area contributed by atoms with Crippen LogP contribution >= 0.6 is 7.82 Å². The van der Waals surface area contributed by atoms with Crippen LogP contribution in [0, 0.1) is 0 Å². The maximum absolute atomic E-state index is 12.5. The van der Waals surface area contributed by atoms with Gasteiger partial charge >= 0.3 is 5.97 Å². The van der Waals surface area contributed by atoms with Crippen LogP contribution in [-0.2, 0) is 27.9 Å². The third-order valence-corrected chi connectivity index (χ3v) is 9.38. The molecule has 0 spiro atoms. The smallest absolute Gasteiger partial charge is 0.306 e. The first-order chi connectivity index (χ1) is 22.6. The summed E-state index contributed by atoms with van der Waals surface area (Å²) in [4.78, 5) is 24.8. The van der Waals surface area contributed by atoms with Crippen molar-refractivity contribution in [3.63, 3.8) is 0 Å². The van der Waals surface area contributed by atoms with Crippen molar-refractivity contribution in [3.05, 3.63) is 12.3 Å². The Morgan fingerprint density at radius 1 is 0.660 bits per heavy atom. The maximum Gasteiger partial charge on any atom is 0.306 e. The van der Waals surface area contributed by atoms with Gasteiger partial charge in [0.1, 0.15) is 19.8 Å². The molecular weight excluding hydrogens is 613 g/mol. The number of likely N-dealkylation sites (N-methyl/N-ethyl adjacent to an activating group) is 1. The molecule has 0 aromatic heterocycles. The van der Waals surface area contributed by atoms with Gasteiger partial charge in [-0.1, -0.05) is 149 Å². The average Bonchev–Trinajstić information content (AvgIpc) is 3.01. The Kier molecular flexibility index (Phi) is 31.7. The molecular formula is C38H76NO7P. The highest BCUT2D eigenvalue weighted by Gasteiger charge is 2.20. The molecule has 0 aliphatic carbocycles. The fraction of sp³-hybridized carbons (Fsp3) is 0.921. The highest BCUT2D eigenvalue weighted by Crippen LogP contribution is 2.38. The van der Waals surface area contributed by atoms with Gasteiger partial charge in [-0.15, -0.1) is 0 Å². The SMILES string of the molecule is CCCCCCCCCCCCCCCC/C=C\OC[C@H](COP(=O)([O-])OCC[N+](C)(C)C)OC(=O)CCCCCCCCCCC. The second kappa shape index (κ2) is 32.3. The zero-order valence-electron chi connectivity index (χ0n) is 31.5. The molecule has 0 heterocycles. The van der Waals surface area contributed by atoms with Crippen molar-refractivity contribution in [2.45, 2.75) is 180 Å². The van der Waals surface area contributed by atoms with E-state index in [0.29, 0.717) is 17.4 Å². The van der Waals surface area contributed by atoms with Gasteiger partial charge in [-0.05, 0) is 25.3 Å². The first-order valence-electron chi connectivity index (χ1n) is 19.5. The second-order valence-corrected chi connectivity index (χ2v) is 15.8. The van der Waals surface area contributed by atoms with E-state index in [1.54, 1.807) is 6.26 Å². The van der Waals surface area contributed by atoms with Crippen molar-refractivity contribution in [1.82, 2.24) is 0 Å². The van der Waals surface area contributed by atoms with Gasteiger partial charge in [0.05, 0.1) is 34.0 Å². The van der Waals surface area contributed by atoms with Gasteiger partial charge in [-0.3, -0.25) is 9.36 Å². The molecule has 0 saturated heterocycles. The molecule has 0 fully saturated rings. The van der Waals surface area contributed by atoms with Crippen molar-refractivity contribution in [2.75, 3.05) is 47.5 Å². The van der Waals surface area contributed by atoms with E-state index in [4.69, 9.17) is 18.5 Å². The molecule has 9 heteroatoms. The Hall–Kier alpha value is -0.920. The zero-order chi connectivity index (χ0) is 34.9. The number of allylic oxidation sites excluding steroid dienone is 1. The summed E-state index contributed by atoms with van der Waals surface area (Å²) < 4.78 is 34.1. The lowest BCUT2D eigenvalue weighted by molar-refractivity contribution is -0.870. The Morgan fingerprint density at radius 3 is 1.57 bits per heavy atom. The van der Waals surface area contributed by atoms with Gasteiger partial charge in [0.2, 0.25) is 0 Å². The molecule has 0 rings (SSSR count). The van der Waals surface area contributed by atoms with Crippen molar-refractivity contribution in [1.29, 1.82) is 0 Å². The molecule has 1 unspecified atom stereocenters. The lowest BCUT2D eigenvalue weighted by Gasteiger charge is -2.28. The first kappa shape index (κ1) is 46.1. The Morgan fingerprint density at radius 2 is 1.11 bits per heavy atom. The molecule has 0 aliphatic rings. The summed E-state index contributed by atoms with van der Waals surface area (Å²) in [7, 11) is 1.33. The summed E-state index contributed by atoms with van der Waals surface area (Å²) in [6.45, 7) is 4.72. The molecule has 0 bridgehead atoms. The maximum atomic E-state index is 12.5. The minimum atomic E-state index is -4.52. The van der Waals surface area contributed by atoms with E-state index in [0.717, 1.165) is 32.1 Å². The third kappa shape index (κ3) is 36.2. The fourth-order valence-corrected chi connectivity index (χ4v) is 6.06. The normalized spacial score (nSPS) is 14.0. The summed E-state index contributed by atoms with van der Waals surface area (Å²) in [6, 6.07) is 0. The van der Waals surface area contributed by atoms with Crippen LogP contribution in [-0.4, -0.2) is 64.1 Å². The van der Waals surface area contributed by atoms with Crippen molar-refractivity contribution in [3.8, 4) is 0 Å². The minimum absolute atomic E-state index is 0.0197. The topological polar surface area (TPSA) is 94.1 Å². The van der Waals surface area contributed by atoms with E-state index >= 15 is 0 Å². The van der Waals surface area contributed by atoms with Gasteiger partial charge in [-0.2, -0.15) is 0 Å². The Balaban J connectivity index is 4.28. The first-order valence-corrected chi connectivity index (χ1v) is 20.9. The second-order valence-electron chi connectivity index (χ2n) is 14.4. The monoisotopic (exact) mass is 690 g/mol. The molecule has 8 nitrogen and oxygen atoms in total. The zero-order valence-corrected chi connectivity index (χ0v) is 32.4. The van der Waals surface area contributed by atoms with E-state index in [2.05, 4.69) is 13.8 Å². The standard InChI is InChI=1S/C38H76NO7P/c1-6-8-10-12-14-16-17-18-19-20-21-22-24-26-28-30-33-43-35-37(36-45-47(41,42)44-34-32-39(3,4)5)46-38(40)31-29-27-25-23-15-13-11-9-7-2/h30,33,37H,6-29,31-32,34-36H2,1-5H3/b33-30-/t37-/m1/s1. The number of unbranched alkanes of at least 4 members (excludes halogenated alkanes) is 22. The van der Waals surface area contributed by atoms with Crippen LogP contribution in [0.1, 0.15) is 174 Å². The number of rotatable bonds is 36. The number of quaternary nitrogens is 1. The van der Waals surface area contributed by atoms with Gasteiger partial charge in [-0.25, -0.2) is 0 Å². The van der Waals surface area contributed by atoms with Crippen LogP contribution in [0.3, 0.4) is 0 Å². The van der Waals surface area contributed by atoms with Crippen LogP contribution in [0.15, 0.2) is 12.3 Å². The summed E-state index contributed by atoms with van der Waals surface area (Å²) in [5, 5.41) is 0. The molecule has 0 N–H and O–H groups in total. The summed E-state index contributed by atoms with van der Waals surface area (Å²) in [6.07, 6.45) is 33.2. The van der Waals surface area contributed by atoms with E-state index in [-0.39, 0.29) is 25.8 Å². The largest absolute Gasteiger partial charge is 0.756 e. The molecule has 2 atom stereocenters. The van der Waals surface area contributed by atoms with Crippen molar-refractivity contribution < 1.29 is 37.3 Å². The fourth-order valence-electron chi connectivity index (χ4n) is 5.33. The predicted molar refractivity (Wildman–Crippen MR) is 194 cm³/mol. The van der Waals surface area contributed by atoms with Gasteiger partial charge in [0.25, 0.3) is 7.82 Å². The molecule has 47 heavy (non-hydrogen) atoms. The predicted octanol–water partition coefficient (Wildman–Crippen LogP) is 10.4. The summed E-state index contributed by atoms with van der Waals surface area (Å²) in [5.41, 5.74) is 0. The lowest BCUT2D eigenvalue weighted by Crippen LogP contribution is -2.37. The number of esters is 1. The molecule has 0 amide bonds. The number of carbonyl (C=O) groups excluding carboxylic acids is 1. The quantitative estimate of drug-likeness (QED) is 0.0212. The van der Waals surface area contributed by atoms with Crippen LogP contribution in [0.4, 0.5) is 0 Å². The van der Waals surface area contributed by atoms with E-state index < -0.39 is 13.9 Å². The number of hydrogen-bond donors (Lipinski definition) is 0. The highest BCUT2D eigenvalue weighted by molar-refractivity contribution is 7.45. The lowest BCUT2D eigenvalue weighted by atomic mass is 10.0. The third-order valence-electron chi connectivity index (χ3n) is 8.41. The molecule has 280 valence electrons. The van der Waals surface area contributed by atoms with Crippen LogP contribution in [0.5, 0.6) is 0 Å². The Bertz CT molecular complexity index is 772. The average molecular weight is 690 g/mol. The molecule has 0 aliphatic heterocycles. The molecule has 0 aromatic carbocycles. The van der Waals surface area contributed by atoms with Gasteiger partial charge in [0.15, 0.2) is 6.10 Å². The van der Waals surface area contributed by atoms with Crippen LogP contribution < -0.4 is 4.89 Å². The highest BCUT2D eigenvalue weighted by atomic mass is 31.2. The van der Waals surface area contributed by atoms with Gasteiger partial charge < -0.3 is 27.9 Å². The number of carbonyl (C=O) groups is 1. The number of nitrogens with zero attached hydrogens (tertiary/aromatic N) is 1. The molecule has 0 radical (unpaired) electrons. The van der Waals surface area contributed by atoms with Gasteiger partial charge in [0, 0.05) is 6.42 Å². The minimum Gasteiger partial charge on any atom is -0.756 e. The molecule has 0 aromatic rings. The molecule has 0 saturated carbocycles. The van der Waals surface area contributed by atoms with Crippen molar-refractivity contribution in [2.24, 2.45) is 0 Å². The summed E-state index contributed by atoms with van der Waals surface area (Å²) >= 11 is 0. The number of phosphoric acid groups is 1. The van der Waals surface area contributed by atoms with E-state index in [1.807, 2.05) is 27.2 Å². The van der Waals surface area contributed by atoms with Crippen LogP contribution in [0.25, 0.3) is 0 Å². The Labute approximate surface area is 290 Å². The van der Waals surface area contributed by atoms with E-state index in [9.17, 15) is 14.3 Å². The summed E-state index contributed by atoms with van der Waals surface area (Å²) in [5.74, 6) is -0.358. The van der Waals surface area contributed by atoms with Crippen molar-refractivity contribution >= 4 is 13.8 Å². The number of ether oxygens (including phenoxy) is 2. The van der Waals surface area contributed by atoms with Crippen LogP contribution in [0.2, 0.25) is 0 Å². The number of hydrogen-bond acceptors (Lipinski definition) is 7. The van der Waals surface area contributed by atoms with E-state index in [1.165, 1.54) is 122 Å². The number of phosphoric ester groups is 1.